The Morgan fingerprint density at radius 3 is 2.41 bits per heavy atom. The molecule has 0 amide bonds. The lowest BCUT2D eigenvalue weighted by atomic mass is 10.2. The van der Waals surface area contributed by atoms with Gasteiger partial charge in [-0.25, -0.2) is 4.68 Å². The van der Waals surface area contributed by atoms with Crippen LogP contribution in [0.3, 0.4) is 0 Å². The van der Waals surface area contributed by atoms with E-state index < -0.39 is 0 Å². The van der Waals surface area contributed by atoms with E-state index in [4.69, 9.17) is 11.6 Å². The van der Waals surface area contributed by atoms with Crippen molar-refractivity contribution in [3.8, 4) is 0 Å². The van der Waals surface area contributed by atoms with Crippen LogP contribution in [-0.2, 0) is 0 Å². The highest BCUT2D eigenvalue weighted by Gasteiger charge is 2.09. The molecule has 1 heterocycles. The molecule has 0 N–H and O–H groups in total. The van der Waals surface area contributed by atoms with E-state index >= 15 is 0 Å². The van der Waals surface area contributed by atoms with Gasteiger partial charge in [-0.3, -0.25) is 4.79 Å². The lowest BCUT2D eigenvalue weighted by Crippen LogP contribution is -2.12. The fourth-order valence-corrected chi connectivity index (χ4v) is 2.14. The molecule has 3 rings (SSSR count). The van der Waals surface area contributed by atoms with Gasteiger partial charge in [0.2, 0.25) is 0 Å². The molecule has 108 valence electrons. The summed E-state index contributed by atoms with van der Waals surface area (Å²) in [6.45, 7) is 0. The maximum atomic E-state index is 12.3. The first-order valence-electron chi connectivity index (χ1n) is 6.81. The number of carbonyl (C=O) groups is 1. The molecular weight excluding hydrogens is 296 g/mol. The molecule has 0 aliphatic carbocycles. The summed E-state index contributed by atoms with van der Waals surface area (Å²) in [5.74, 6) is -0.184. The summed E-state index contributed by atoms with van der Waals surface area (Å²) >= 11 is 5.82. The van der Waals surface area contributed by atoms with Gasteiger partial charge >= 0.3 is 0 Å². The maximum absolute atomic E-state index is 12.3. The van der Waals surface area contributed by atoms with Gasteiger partial charge in [0.25, 0.3) is 5.91 Å². The first-order chi connectivity index (χ1) is 10.7. The Bertz CT molecular complexity index is 805. The second-order valence-corrected chi connectivity index (χ2v) is 5.18. The van der Waals surface area contributed by atoms with E-state index in [0.717, 1.165) is 11.3 Å². The van der Waals surface area contributed by atoms with Gasteiger partial charge in [0.05, 0.1) is 5.69 Å². The number of benzene rings is 2. The molecule has 0 atom stereocenters. The van der Waals surface area contributed by atoms with Crippen molar-refractivity contribution in [1.82, 2.24) is 9.78 Å². The van der Waals surface area contributed by atoms with Crippen molar-refractivity contribution in [2.24, 2.45) is 0 Å². The number of hydrogen-bond acceptors (Lipinski definition) is 2. The van der Waals surface area contributed by atoms with Crippen molar-refractivity contribution in [3.63, 3.8) is 0 Å². The first kappa shape index (κ1) is 14.3. The summed E-state index contributed by atoms with van der Waals surface area (Å²) in [7, 11) is 0. The highest BCUT2D eigenvalue weighted by Crippen LogP contribution is 2.11. The third-order valence-electron chi connectivity index (χ3n) is 3.16. The van der Waals surface area contributed by atoms with Gasteiger partial charge in [-0.15, -0.1) is 0 Å². The summed E-state index contributed by atoms with van der Waals surface area (Å²) in [5.41, 5.74) is 2.36. The van der Waals surface area contributed by atoms with Gasteiger partial charge in [0, 0.05) is 16.8 Å². The zero-order valence-electron chi connectivity index (χ0n) is 11.7. The monoisotopic (exact) mass is 308 g/mol. The minimum absolute atomic E-state index is 0.184. The van der Waals surface area contributed by atoms with Crippen LogP contribution in [0.4, 0.5) is 0 Å². The Balaban J connectivity index is 1.77. The molecule has 0 unspecified atom stereocenters. The molecule has 0 fully saturated rings. The SMILES string of the molecule is O=C(c1ccc(Cl)cc1)n1ccc(/C=C/c2ccccc2)n1. The van der Waals surface area contributed by atoms with E-state index in [1.807, 2.05) is 42.5 Å². The molecule has 0 aliphatic rings. The van der Waals surface area contributed by atoms with Crippen LogP contribution in [0, 0.1) is 0 Å². The molecule has 0 bridgehead atoms. The number of hydrogen-bond donors (Lipinski definition) is 0. The van der Waals surface area contributed by atoms with Gasteiger partial charge in [-0.05, 0) is 42.0 Å². The van der Waals surface area contributed by atoms with Crippen molar-refractivity contribution in [1.29, 1.82) is 0 Å². The molecule has 0 aliphatic heterocycles. The van der Waals surface area contributed by atoms with Gasteiger partial charge in [0.1, 0.15) is 0 Å². The highest BCUT2D eigenvalue weighted by molar-refractivity contribution is 6.30. The topological polar surface area (TPSA) is 34.9 Å². The number of rotatable bonds is 3. The minimum Gasteiger partial charge on any atom is -0.267 e. The van der Waals surface area contributed by atoms with E-state index in [1.165, 1.54) is 4.68 Å². The second-order valence-electron chi connectivity index (χ2n) is 4.74. The predicted octanol–water partition coefficient (Wildman–Crippen LogP) is 4.40. The zero-order chi connectivity index (χ0) is 15.4. The van der Waals surface area contributed by atoms with Crippen LogP contribution in [0.2, 0.25) is 5.02 Å². The molecule has 0 saturated carbocycles. The van der Waals surface area contributed by atoms with Crippen LogP contribution in [0.25, 0.3) is 12.2 Å². The molecule has 0 spiro atoms. The summed E-state index contributed by atoms with van der Waals surface area (Å²) in [6.07, 6.45) is 5.49. The lowest BCUT2D eigenvalue weighted by molar-refractivity contribution is 0.0945. The first-order valence-corrected chi connectivity index (χ1v) is 7.19. The van der Waals surface area contributed by atoms with E-state index in [0.29, 0.717) is 10.6 Å². The minimum atomic E-state index is -0.184. The summed E-state index contributed by atoms with van der Waals surface area (Å²) in [6, 6.07) is 18.5. The maximum Gasteiger partial charge on any atom is 0.278 e. The van der Waals surface area contributed by atoms with Crippen molar-refractivity contribution in [3.05, 3.63) is 88.7 Å². The van der Waals surface area contributed by atoms with E-state index in [2.05, 4.69) is 5.10 Å². The average Bonchev–Trinajstić information content (AvgIpc) is 3.03. The molecule has 3 nitrogen and oxygen atoms in total. The van der Waals surface area contributed by atoms with Crippen molar-refractivity contribution >= 4 is 29.7 Å². The summed E-state index contributed by atoms with van der Waals surface area (Å²) in [4.78, 5) is 12.3. The standard InChI is InChI=1S/C18H13ClN2O/c19-16-9-7-15(8-10-16)18(22)21-13-12-17(20-21)11-6-14-4-2-1-3-5-14/h1-13H/b11-6+. The molecule has 3 aromatic rings. The fourth-order valence-electron chi connectivity index (χ4n) is 2.01. The number of carbonyl (C=O) groups excluding carboxylic acids is 1. The average molecular weight is 309 g/mol. The van der Waals surface area contributed by atoms with Crippen LogP contribution in [-0.4, -0.2) is 15.7 Å². The highest BCUT2D eigenvalue weighted by atomic mass is 35.5. The van der Waals surface area contributed by atoms with E-state index in [1.54, 1.807) is 36.5 Å². The summed E-state index contributed by atoms with van der Waals surface area (Å²) in [5, 5.41) is 4.87. The normalized spacial score (nSPS) is 11.0. The van der Waals surface area contributed by atoms with Crippen LogP contribution < -0.4 is 0 Å². The second kappa shape index (κ2) is 6.41. The van der Waals surface area contributed by atoms with Gasteiger partial charge in [-0.2, -0.15) is 5.10 Å². The Labute approximate surface area is 133 Å². The smallest absolute Gasteiger partial charge is 0.267 e. The molecule has 1 aromatic heterocycles. The Morgan fingerprint density at radius 1 is 0.955 bits per heavy atom. The number of aromatic nitrogens is 2. The molecular formula is C18H13ClN2O. The van der Waals surface area contributed by atoms with E-state index in [9.17, 15) is 4.79 Å². The van der Waals surface area contributed by atoms with Crippen LogP contribution >= 0.6 is 11.6 Å². The molecule has 4 heteroatoms. The number of nitrogens with zero attached hydrogens (tertiary/aromatic N) is 2. The number of halogens is 1. The third-order valence-corrected chi connectivity index (χ3v) is 3.41. The van der Waals surface area contributed by atoms with Crippen molar-refractivity contribution < 1.29 is 4.79 Å². The summed E-state index contributed by atoms with van der Waals surface area (Å²) < 4.78 is 1.33. The van der Waals surface area contributed by atoms with E-state index in [-0.39, 0.29) is 5.91 Å². The van der Waals surface area contributed by atoms with Gasteiger partial charge in [0.15, 0.2) is 0 Å². The molecule has 0 radical (unpaired) electrons. The van der Waals surface area contributed by atoms with Crippen LogP contribution in [0.5, 0.6) is 0 Å². The zero-order valence-corrected chi connectivity index (χ0v) is 12.4. The van der Waals surface area contributed by atoms with Crippen molar-refractivity contribution in [2.45, 2.75) is 0 Å². The van der Waals surface area contributed by atoms with Crippen LogP contribution in [0.1, 0.15) is 21.6 Å². The van der Waals surface area contributed by atoms with Crippen molar-refractivity contribution in [2.75, 3.05) is 0 Å². The Kier molecular flexibility index (Phi) is 4.17. The Hall–Kier alpha value is -2.65. The molecule has 22 heavy (non-hydrogen) atoms. The fraction of sp³-hybridized carbons (Fsp3) is 0. The predicted molar refractivity (Wildman–Crippen MR) is 88.8 cm³/mol. The quantitative estimate of drug-likeness (QED) is 0.719. The van der Waals surface area contributed by atoms with Gasteiger partial charge < -0.3 is 0 Å². The Morgan fingerprint density at radius 2 is 1.68 bits per heavy atom. The third kappa shape index (κ3) is 3.32. The van der Waals surface area contributed by atoms with Crippen LogP contribution in [0.15, 0.2) is 66.9 Å². The lowest BCUT2D eigenvalue weighted by Gasteiger charge is -2.00. The van der Waals surface area contributed by atoms with Gasteiger partial charge in [-0.1, -0.05) is 48.0 Å². The molecule has 0 saturated heterocycles. The molecule has 2 aromatic carbocycles. The largest absolute Gasteiger partial charge is 0.278 e.